The lowest BCUT2D eigenvalue weighted by atomic mass is 9.99. The summed E-state index contributed by atoms with van der Waals surface area (Å²) in [5, 5.41) is 18.1. The predicted molar refractivity (Wildman–Crippen MR) is 336 cm³/mol. The number of nitrogens with zero attached hydrogens (tertiary/aromatic N) is 6. The Kier molecular flexibility index (Phi) is 21.2. The van der Waals surface area contributed by atoms with Crippen LogP contribution in [0.25, 0.3) is 10.9 Å². The minimum absolute atomic E-state index is 0.0337. The minimum Gasteiger partial charge on any atom is -0.345 e. The molecule has 6 aliphatic rings. The monoisotopic (exact) mass is 1240 g/mol. The average molecular weight is 1240 g/mol. The highest BCUT2D eigenvalue weighted by molar-refractivity contribution is 6.00. The van der Waals surface area contributed by atoms with Gasteiger partial charge in [-0.15, -0.1) is 6.58 Å². The zero-order valence-corrected chi connectivity index (χ0v) is 53.3. The van der Waals surface area contributed by atoms with E-state index < -0.39 is 137 Å². The van der Waals surface area contributed by atoms with Gasteiger partial charge in [-0.05, 0) is 127 Å². The van der Waals surface area contributed by atoms with E-state index in [9.17, 15) is 38.4 Å². The summed E-state index contributed by atoms with van der Waals surface area (Å²) in [4.78, 5) is 168. The van der Waals surface area contributed by atoms with Gasteiger partial charge in [0.15, 0.2) is 0 Å². The van der Waals surface area contributed by atoms with Crippen LogP contribution in [0.4, 0.5) is 0 Å². The van der Waals surface area contributed by atoms with Crippen LogP contribution in [-0.4, -0.2) is 194 Å². The van der Waals surface area contributed by atoms with Gasteiger partial charge in [-0.1, -0.05) is 82.3 Å². The topological polar surface area (TPSA) is 281 Å². The SMILES string of the molecule is C=CC(C)(C)n1cc(CC2NC(=O)C3CCCN3C(=O)C3CCCN3C(=O)C(C)NC(=O)CNC(=O)C3CCCN3C(=O)C(CC(C)C)NC(=O)C3CCCN3C(=O)C3CCCN3C(=O)C(Cc3ccccc3)NC(=O)C(CC(C)C)NC2=O)c2ccccc21. The molecule has 0 radical (unpaired) electrons. The molecule has 11 amide bonds. The molecule has 1 aromatic heterocycles. The molecular weight excluding hydrogens is 1150 g/mol. The van der Waals surface area contributed by atoms with E-state index in [0.717, 1.165) is 16.5 Å². The fourth-order valence-corrected chi connectivity index (χ4v) is 14.1. The number of benzene rings is 2. The molecule has 10 unspecified atom stereocenters. The third kappa shape index (κ3) is 14.9. The molecule has 6 aliphatic heterocycles. The number of carbonyl (C=O) groups excluding carboxylic acids is 11. The zero-order chi connectivity index (χ0) is 64.7. The Morgan fingerprint density at radius 3 is 1.48 bits per heavy atom. The Labute approximate surface area is 527 Å². The fraction of sp³-hybridized carbons (Fsp3) is 0.597. The van der Waals surface area contributed by atoms with E-state index in [0.29, 0.717) is 63.4 Å². The summed E-state index contributed by atoms with van der Waals surface area (Å²) in [5.41, 5.74) is 1.71. The molecular formula is C67H92N12O11. The van der Waals surface area contributed by atoms with Crippen molar-refractivity contribution >= 4 is 75.9 Å². The van der Waals surface area contributed by atoms with Gasteiger partial charge in [-0.2, -0.15) is 0 Å². The van der Waals surface area contributed by atoms with E-state index in [1.165, 1.54) is 31.4 Å². The molecule has 90 heavy (non-hydrogen) atoms. The summed E-state index contributed by atoms with van der Waals surface area (Å²) in [7, 11) is 0. The molecule has 10 atom stereocenters. The smallest absolute Gasteiger partial charge is 0.246 e. The maximum Gasteiger partial charge on any atom is 0.246 e. The van der Waals surface area contributed by atoms with E-state index >= 15 is 14.4 Å². The molecule has 2 aromatic carbocycles. The maximum atomic E-state index is 15.3. The van der Waals surface area contributed by atoms with Crippen LogP contribution in [0, 0.1) is 11.8 Å². The number of hydrogen-bond acceptors (Lipinski definition) is 11. The van der Waals surface area contributed by atoms with Gasteiger partial charge in [0.25, 0.3) is 0 Å². The maximum absolute atomic E-state index is 15.3. The molecule has 3 aromatic rings. The lowest BCUT2D eigenvalue weighted by molar-refractivity contribution is -0.148. The highest BCUT2D eigenvalue weighted by Gasteiger charge is 2.47. The van der Waals surface area contributed by atoms with E-state index in [2.05, 4.69) is 38.5 Å². The molecule has 9 rings (SSSR count). The Hall–Kier alpha value is -8.11. The van der Waals surface area contributed by atoms with Crippen molar-refractivity contribution in [3.63, 3.8) is 0 Å². The largest absolute Gasteiger partial charge is 0.345 e. The standard InChI is InChI=1S/C67H92N12O11/c1-9-67(7,8)79-39-44(45-22-13-14-23-50(45)79)37-47-58(82)70-46(34-40(2)3)57(81)72-49(36-43-20-11-10-12-21-43)64(88)78-33-19-28-55(78)66(90)76-31-17-26-53(76)61(85)73-48(35-41(4)5)63(87)74-29-15-24-51(74)59(83)68-38-56(80)69-42(6)62(86)77-32-18-27-54(77)65(89)75-30-16-25-52(75)60(84)71-47/h9-14,20-23,39-42,46-49,51-55H,1,15-19,24-38H2,2-8H3,(H,68,83)(H,69,80)(H,70,82)(H,71,84)(H,72,81)(H,73,85). The van der Waals surface area contributed by atoms with Gasteiger partial charge in [-0.25, -0.2) is 0 Å². The number of amides is 11. The third-order valence-electron chi connectivity index (χ3n) is 18.9. The van der Waals surface area contributed by atoms with Crippen molar-refractivity contribution in [3.8, 4) is 0 Å². The molecule has 6 fully saturated rings. The second-order valence-electron chi connectivity index (χ2n) is 26.8. The van der Waals surface area contributed by atoms with Crippen molar-refractivity contribution < 1.29 is 52.7 Å². The van der Waals surface area contributed by atoms with Crippen LogP contribution in [0.2, 0.25) is 0 Å². The van der Waals surface area contributed by atoms with Gasteiger partial charge in [-0.3, -0.25) is 52.7 Å². The van der Waals surface area contributed by atoms with Crippen molar-refractivity contribution in [1.82, 2.24) is 61.0 Å². The molecule has 0 spiro atoms. The van der Waals surface area contributed by atoms with Crippen LogP contribution in [0.5, 0.6) is 0 Å². The number of carbonyl (C=O) groups is 11. The first-order chi connectivity index (χ1) is 43.0. The predicted octanol–water partition coefficient (Wildman–Crippen LogP) is 2.97. The molecule has 0 aliphatic carbocycles. The second-order valence-corrected chi connectivity index (χ2v) is 26.8. The van der Waals surface area contributed by atoms with Crippen LogP contribution in [0.1, 0.15) is 137 Å². The number of para-hydroxylation sites is 1. The van der Waals surface area contributed by atoms with Gasteiger partial charge in [0, 0.05) is 62.7 Å². The third-order valence-corrected chi connectivity index (χ3v) is 18.9. The number of allylic oxidation sites excluding steroid dienone is 1. The number of rotatable bonds is 10. The van der Waals surface area contributed by atoms with Crippen molar-refractivity contribution in [3.05, 3.63) is 84.6 Å². The Morgan fingerprint density at radius 2 is 0.922 bits per heavy atom. The van der Waals surface area contributed by atoms with E-state index in [4.69, 9.17) is 0 Å². The number of nitrogens with one attached hydrogen (secondary N) is 6. The summed E-state index contributed by atoms with van der Waals surface area (Å²) in [6.07, 6.45) is 7.90. The Bertz CT molecular complexity index is 3220. The second kappa shape index (κ2) is 28.8. The normalized spacial score (nSPS) is 27.9. The van der Waals surface area contributed by atoms with Gasteiger partial charge in [0.05, 0.1) is 12.1 Å². The summed E-state index contributed by atoms with van der Waals surface area (Å²) in [6, 6.07) is 5.97. The highest BCUT2D eigenvalue weighted by atomic mass is 16.2. The lowest BCUT2D eigenvalue weighted by Gasteiger charge is -2.34. The van der Waals surface area contributed by atoms with Crippen molar-refractivity contribution in [1.29, 1.82) is 0 Å². The van der Waals surface area contributed by atoms with Gasteiger partial charge in [0.2, 0.25) is 65.0 Å². The lowest BCUT2D eigenvalue weighted by Crippen LogP contribution is -2.60. The summed E-state index contributed by atoms with van der Waals surface area (Å²) < 4.78 is 2.05. The number of hydrogen-bond donors (Lipinski definition) is 6. The first-order valence-electron chi connectivity index (χ1n) is 32.5. The number of aromatic nitrogens is 1. The highest BCUT2D eigenvalue weighted by Crippen LogP contribution is 2.32. The van der Waals surface area contributed by atoms with E-state index in [1.807, 2.05) is 113 Å². The molecule has 23 heteroatoms. The fourth-order valence-electron chi connectivity index (χ4n) is 14.1. The van der Waals surface area contributed by atoms with Crippen LogP contribution in [0.3, 0.4) is 0 Å². The quantitative estimate of drug-likeness (QED) is 0.161. The summed E-state index contributed by atoms with van der Waals surface area (Å²) >= 11 is 0. The molecule has 6 saturated heterocycles. The van der Waals surface area contributed by atoms with Gasteiger partial charge < -0.3 is 61.0 Å². The average Bonchev–Trinajstić information content (AvgIpc) is 1.68. The first-order valence-corrected chi connectivity index (χ1v) is 32.5. The van der Waals surface area contributed by atoms with Crippen molar-refractivity contribution in [2.45, 2.75) is 204 Å². The zero-order valence-electron chi connectivity index (χ0n) is 53.3. The molecule has 0 saturated carbocycles. The Balaban J connectivity index is 1.06. The van der Waals surface area contributed by atoms with Crippen molar-refractivity contribution in [2.75, 3.05) is 39.3 Å². The van der Waals surface area contributed by atoms with Gasteiger partial charge >= 0.3 is 0 Å². The van der Waals surface area contributed by atoms with Crippen molar-refractivity contribution in [2.24, 2.45) is 11.8 Å². The number of fused-ring (bicyclic) bond motifs is 6. The van der Waals surface area contributed by atoms with E-state index in [-0.39, 0.29) is 76.7 Å². The molecule has 0 bridgehead atoms. The summed E-state index contributed by atoms with van der Waals surface area (Å²) in [5.74, 6) is -6.43. The first kappa shape index (κ1) is 66.3. The molecule has 23 nitrogen and oxygen atoms in total. The van der Waals surface area contributed by atoms with Crippen LogP contribution in [0.15, 0.2) is 73.4 Å². The minimum atomic E-state index is -1.31. The van der Waals surface area contributed by atoms with E-state index in [1.54, 1.807) is 0 Å². The molecule has 7 heterocycles. The Morgan fingerprint density at radius 1 is 0.489 bits per heavy atom. The molecule has 6 N–H and O–H groups in total. The summed E-state index contributed by atoms with van der Waals surface area (Å²) in [6.45, 7) is 17.7. The van der Waals surface area contributed by atoms with Crippen LogP contribution >= 0.6 is 0 Å². The van der Waals surface area contributed by atoms with Crippen LogP contribution < -0.4 is 31.9 Å². The van der Waals surface area contributed by atoms with Crippen LogP contribution in [-0.2, 0) is 71.1 Å². The molecule has 486 valence electrons. The van der Waals surface area contributed by atoms with Gasteiger partial charge in [0.1, 0.15) is 60.4 Å².